The van der Waals surface area contributed by atoms with E-state index < -0.39 is 0 Å². The Hall–Kier alpha value is -2.07. The van der Waals surface area contributed by atoms with E-state index in [1.54, 1.807) is 0 Å². The molecule has 2 N–H and O–H groups in total. The minimum Gasteiger partial charge on any atom is -0.360 e. The number of rotatable bonds is 1. The zero-order valence-corrected chi connectivity index (χ0v) is 10.9. The number of hydrogen-bond donors (Lipinski definition) is 2. The third-order valence-corrected chi connectivity index (χ3v) is 3.97. The van der Waals surface area contributed by atoms with Gasteiger partial charge in [-0.1, -0.05) is 18.2 Å². The average Bonchev–Trinajstić information content (AvgIpc) is 3.01. The summed E-state index contributed by atoms with van der Waals surface area (Å²) >= 11 is 0. The highest BCUT2D eigenvalue weighted by atomic mass is 15.2. The van der Waals surface area contributed by atoms with Gasteiger partial charge in [0.25, 0.3) is 0 Å². The summed E-state index contributed by atoms with van der Waals surface area (Å²) in [7, 11) is 2.16. The predicted molar refractivity (Wildman–Crippen MR) is 75.9 cm³/mol. The first-order valence-corrected chi connectivity index (χ1v) is 6.64. The number of aromatic amines is 2. The first-order valence-electron chi connectivity index (χ1n) is 6.64. The van der Waals surface area contributed by atoms with Gasteiger partial charge in [0.15, 0.2) is 0 Å². The second-order valence-corrected chi connectivity index (χ2v) is 5.27. The summed E-state index contributed by atoms with van der Waals surface area (Å²) < 4.78 is 0. The molecule has 19 heavy (non-hydrogen) atoms. The Labute approximate surface area is 111 Å². The zero-order chi connectivity index (χ0) is 12.8. The van der Waals surface area contributed by atoms with Crippen LogP contribution < -0.4 is 0 Å². The summed E-state index contributed by atoms with van der Waals surface area (Å²) in [4.78, 5) is 5.67. The Balaban J connectivity index is 1.91. The van der Waals surface area contributed by atoms with Crippen molar-refractivity contribution in [2.24, 2.45) is 0 Å². The number of nitrogens with zero attached hydrogens (tertiary/aromatic N) is 2. The number of nitrogens with one attached hydrogen (secondary N) is 2. The van der Waals surface area contributed by atoms with Gasteiger partial charge in [0.05, 0.1) is 5.69 Å². The van der Waals surface area contributed by atoms with Crippen molar-refractivity contribution in [2.45, 2.75) is 13.0 Å². The lowest BCUT2D eigenvalue weighted by atomic mass is 10.0. The molecule has 3 aromatic rings. The maximum atomic E-state index is 4.55. The van der Waals surface area contributed by atoms with E-state index >= 15 is 0 Å². The molecule has 0 saturated carbocycles. The van der Waals surface area contributed by atoms with Crippen LogP contribution in [-0.2, 0) is 13.0 Å². The smallest absolute Gasteiger partial charge is 0.0990 e. The third kappa shape index (κ3) is 1.60. The molecular weight excluding hydrogens is 236 g/mol. The Kier molecular flexibility index (Phi) is 2.26. The minimum atomic E-state index is 0.973. The highest BCUT2D eigenvalue weighted by molar-refractivity contribution is 5.95. The Bertz CT molecular complexity index is 738. The maximum Gasteiger partial charge on any atom is 0.0990 e. The minimum absolute atomic E-state index is 0.973. The van der Waals surface area contributed by atoms with Gasteiger partial charge in [0, 0.05) is 53.4 Å². The predicted octanol–water partition coefficient (Wildman–Crippen LogP) is 2.55. The number of benzene rings is 1. The topological polar surface area (TPSA) is 47.7 Å². The normalized spacial score (nSPS) is 15.8. The molecule has 0 radical (unpaired) electrons. The maximum absolute atomic E-state index is 4.55. The first kappa shape index (κ1) is 10.8. The fourth-order valence-electron chi connectivity index (χ4n) is 2.92. The molecule has 0 fully saturated rings. The fourth-order valence-corrected chi connectivity index (χ4v) is 2.92. The lowest BCUT2D eigenvalue weighted by molar-refractivity contribution is 0.312. The van der Waals surface area contributed by atoms with Gasteiger partial charge in [-0.15, -0.1) is 0 Å². The van der Waals surface area contributed by atoms with Crippen molar-refractivity contribution in [1.29, 1.82) is 0 Å². The van der Waals surface area contributed by atoms with Crippen LogP contribution in [0.3, 0.4) is 0 Å². The summed E-state index contributed by atoms with van der Waals surface area (Å²) in [6.45, 7) is 2.07. The number of H-pyrrole nitrogens is 2. The molecule has 0 bridgehead atoms. The number of aromatic nitrogens is 3. The van der Waals surface area contributed by atoms with E-state index in [1.807, 2.05) is 0 Å². The first-order chi connectivity index (χ1) is 9.33. The molecule has 3 heterocycles. The molecule has 0 spiro atoms. The van der Waals surface area contributed by atoms with Crippen molar-refractivity contribution < 1.29 is 0 Å². The van der Waals surface area contributed by atoms with Crippen molar-refractivity contribution in [2.75, 3.05) is 13.6 Å². The van der Waals surface area contributed by atoms with E-state index in [0.717, 1.165) is 25.2 Å². The summed E-state index contributed by atoms with van der Waals surface area (Å²) in [6.07, 6.45) is 3.12. The molecule has 0 aliphatic carbocycles. The lowest BCUT2D eigenvalue weighted by Crippen LogP contribution is -2.26. The number of para-hydroxylation sites is 1. The second kappa shape index (κ2) is 3.96. The van der Waals surface area contributed by atoms with Crippen molar-refractivity contribution in [3.05, 3.63) is 41.7 Å². The molecule has 0 amide bonds. The van der Waals surface area contributed by atoms with Crippen molar-refractivity contribution in [3.8, 4) is 11.3 Å². The van der Waals surface area contributed by atoms with Crippen molar-refractivity contribution in [1.82, 2.24) is 20.1 Å². The quantitative estimate of drug-likeness (QED) is 0.699. The standard InChI is InChI=1S/C15H16N4/c1-19-7-6-14-12(9-19)15(18-17-14)11-8-16-13-5-3-2-4-10(11)13/h2-5,8,16H,6-7,9H2,1H3,(H,17,18). The van der Waals surface area contributed by atoms with Crippen LogP contribution in [-0.4, -0.2) is 33.7 Å². The van der Waals surface area contributed by atoms with Gasteiger partial charge in [-0.3, -0.25) is 5.10 Å². The Morgan fingerprint density at radius 3 is 3.11 bits per heavy atom. The molecule has 0 atom stereocenters. The van der Waals surface area contributed by atoms with Crippen LogP contribution in [0.5, 0.6) is 0 Å². The zero-order valence-electron chi connectivity index (χ0n) is 10.9. The van der Waals surface area contributed by atoms with Crippen LogP contribution in [0.1, 0.15) is 11.3 Å². The van der Waals surface area contributed by atoms with Gasteiger partial charge in [-0.05, 0) is 13.1 Å². The third-order valence-electron chi connectivity index (χ3n) is 3.97. The molecule has 0 saturated heterocycles. The Morgan fingerprint density at radius 1 is 1.26 bits per heavy atom. The molecule has 1 aliphatic heterocycles. The highest BCUT2D eigenvalue weighted by Gasteiger charge is 2.22. The summed E-state index contributed by atoms with van der Waals surface area (Å²) in [6, 6.07) is 8.38. The molecule has 4 heteroatoms. The highest BCUT2D eigenvalue weighted by Crippen LogP contribution is 2.32. The van der Waals surface area contributed by atoms with E-state index in [2.05, 4.69) is 57.6 Å². The van der Waals surface area contributed by atoms with Gasteiger partial charge < -0.3 is 9.88 Å². The lowest BCUT2D eigenvalue weighted by Gasteiger charge is -2.22. The summed E-state index contributed by atoms with van der Waals surface area (Å²) in [5, 5.41) is 9.00. The van der Waals surface area contributed by atoms with E-state index in [1.165, 1.54) is 27.7 Å². The van der Waals surface area contributed by atoms with Gasteiger partial charge in [0.2, 0.25) is 0 Å². The number of hydrogen-bond acceptors (Lipinski definition) is 2. The van der Waals surface area contributed by atoms with Crippen LogP contribution in [0.4, 0.5) is 0 Å². The molecule has 1 aromatic carbocycles. The van der Waals surface area contributed by atoms with E-state index in [-0.39, 0.29) is 0 Å². The van der Waals surface area contributed by atoms with Crippen molar-refractivity contribution >= 4 is 10.9 Å². The summed E-state index contributed by atoms with van der Waals surface area (Å²) in [5.41, 5.74) is 6.10. The monoisotopic (exact) mass is 252 g/mol. The van der Waals surface area contributed by atoms with Crippen molar-refractivity contribution in [3.63, 3.8) is 0 Å². The van der Waals surface area contributed by atoms with Gasteiger partial charge in [0.1, 0.15) is 0 Å². The molecule has 4 rings (SSSR count). The largest absolute Gasteiger partial charge is 0.360 e. The fraction of sp³-hybridized carbons (Fsp3) is 0.267. The van der Waals surface area contributed by atoms with E-state index in [4.69, 9.17) is 0 Å². The molecular formula is C15H16N4. The molecule has 0 unspecified atom stereocenters. The average molecular weight is 252 g/mol. The van der Waals surface area contributed by atoms with Crippen LogP contribution >= 0.6 is 0 Å². The SMILES string of the molecule is CN1CCc2[nH]nc(-c3c[nH]c4ccccc34)c2C1. The number of likely N-dealkylation sites (N-methyl/N-ethyl adjacent to an activating group) is 1. The second-order valence-electron chi connectivity index (χ2n) is 5.27. The molecule has 96 valence electrons. The van der Waals surface area contributed by atoms with Gasteiger partial charge >= 0.3 is 0 Å². The number of fused-ring (bicyclic) bond motifs is 2. The molecule has 4 nitrogen and oxygen atoms in total. The van der Waals surface area contributed by atoms with Crippen LogP contribution in [0.15, 0.2) is 30.5 Å². The Morgan fingerprint density at radius 2 is 2.16 bits per heavy atom. The van der Waals surface area contributed by atoms with Gasteiger partial charge in [-0.2, -0.15) is 5.10 Å². The van der Waals surface area contributed by atoms with Crippen LogP contribution in [0.25, 0.3) is 22.2 Å². The van der Waals surface area contributed by atoms with Crippen LogP contribution in [0, 0.1) is 0 Å². The van der Waals surface area contributed by atoms with Gasteiger partial charge in [-0.25, -0.2) is 0 Å². The van der Waals surface area contributed by atoms with E-state index in [9.17, 15) is 0 Å². The molecule has 2 aromatic heterocycles. The van der Waals surface area contributed by atoms with E-state index in [0.29, 0.717) is 0 Å². The van der Waals surface area contributed by atoms with Crippen LogP contribution in [0.2, 0.25) is 0 Å². The summed E-state index contributed by atoms with van der Waals surface area (Å²) in [5.74, 6) is 0. The molecule has 1 aliphatic rings.